The normalized spacial score (nSPS) is 14.3. The van der Waals surface area contributed by atoms with Gasteiger partial charge in [0.25, 0.3) is 5.91 Å². The summed E-state index contributed by atoms with van der Waals surface area (Å²) in [7, 11) is 0. The van der Waals surface area contributed by atoms with Gasteiger partial charge in [-0.1, -0.05) is 67.6 Å². The molecule has 32 heavy (non-hydrogen) atoms. The molecule has 1 saturated heterocycles. The molecule has 0 radical (unpaired) electrons. The maximum absolute atomic E-state index is 12.8. The lowest BCUT2D eigenvalue weighted by molar-refractivity contribution is -0.132. The molecule has 0 bridgehead atoms. The van der Waals surface area contributed by atoms with Gasteiger partial charge in [-0.15, -0.1) is 0 Å². The zero-order valence-corrected chi connectivity index (χ0v) is 18.5. The number of likely N-dealkylation sites (tertiary alicyclic amines) is 1. The van der Waals surface area contributed by atoms with Gasteiger partial charge in [0.15, 0.2) is 6.61 Å². The molecule has 1 aliphatic heterocycles. The minimum absolute atomic E-state index is 0.0192. The van der Waals surface area contributed by atoms with E-state index in [9.17, 15) is 9.59 Å². The SMILES string of the molecule is CCC(NC(=O)Cc1ccc2ccccc2c1)c1ccccc1OCC(=O)N1CCCC1. The second-order valence-electron chi connectivity index (χ2n) is 8.30. The summed E-state index contributed by atoms with van der Waals surface area (Å²) in [6.45, 7) is 3.68. The van der Waals surface area contributed by atoms with Crippen molar-refractivity contribution in [3.63, 3.8) is 0 Å². The van der Waals surface area contributed by atoms with E-state index in [1.165, 1.54) is 0 Å². The molecule has 4 rings (SSSR count). The smallest absolute Gasteiger partial charge is 0.260 e. The van der Waals surface area contributed by atoms with E-state index in [1.54, 1.807) is 0 Å². The van der Waals surface area contributed by atoms with Gasteiger partial charge < -0.3 is 15.0 Å². The van der Waals surface area contributed by atoms with Crippen molar-refractivity contribution in [3.8, 4) is 5.75 Å². The molecule has 2 amide bonds. The molecular weight excluding hydrogens is 400 g/mol. The number of nitrogens with one attached hydrogen (secondary N) is 1. The molecule has 3 aromatic carbocycles. The summed E-state index contributed by atoms with van der Waals surface area (Å²) in [6, 6.07) is 21.7. The third-order valence-electron chi connectivity index (χ3n) is 6.03. The molecule has 1 N–H and O–H groups in total. The Morgan fingerprint density at radius 1 is 0.969 bits per heavy atom. The van der Waals surface area contributed by atoms with Crippen LogP contribution < -0.4 is 10.1 Å². The van der Waals surface area contributed by atoms with Crippen LogP contribution in [0.25, 0.3) is 10.8 Å². The number of hydrogen-bond acceptors (Lipinski definition) is 3. The standard InChI is InChI=1S/C27H30N2O3/c1-2-24(28-26(30)18-20-13-14-21-9-3-4-10-22(21)17-20)23-11-5-6-12-25(23)32-19-27(31)29-15-7-8-16-29/h3-6,9-14,17,24H,2,7-8,15-16,18-19H2,1H3,(H,28,30). The summed E-state index contributed by atoms with van der Waals surface area (Å²) >= 11 is 0. The number of carbonyl (C=O) groups is 2. The molecule has 5 nitrogen and oxygen atoms in total. The van der Waals surface area contributed by atoms with Crippen LogP contribution >= 0.6 is 0 Å². The van der Waals surface area contributed by atoms with E-state index in [2.05, 4.69) is 29.6 Å². The van der Waals surface area contributed by atoms with Crippen LogP contribution in [0.1, 0.15) is 43.4 Å². The fraction of sp³-hybridized carbons (Fsp3) is 0.333. The highest BCUT2D eigenvalue weighted by molar-refractivity contribution is 5.85. The van der Waals surface area contributed by atoms with Crippen molar-refractivity contribution in [1.82, 2.24) is 10.2 Å². The molecule has 1 fully saturated rings. The summed E-state index contributed by atoms with van der Waals surface area (Å²) in [5.41, 5.74) is 1.88. The minimum atomic E-state index is -0.180. The van der Waals surface area contributed by atoms with Crippen LogP contribution in [0.15, 0.2) is 66.7 Å². The molecule has 1 heterocycles. The Labute approximate surface area is 189 Å². The van der Waals surface area contributed by atoms with Crippen LogP contribution in [0.4, 0.5) is 0 Å². The van der Waals surface area contributed by atoms with E-state index >= 15 is 0 Å². The van der Waals surface area contributed by atoms with E-state index < -0.39 is 0 Å². The summed E-state index contributed by atoms with van der Waals surface area (Å²) in [5.74, 6) is 0.638. The molecular formula is C27H30N2O3. The first-order valence-corrected chi connectivity index (χ1v) is 11.4. The number of benzene rings is 3. The van der Waals surface area contributed by atoms with Crippen molar-refractivity contribution in [2.45, 2.75) is 38.6 Å². The van der Waals surface area contributed by atoms with E-state index in [0.29, 0.717) is 12.2 Å². The van der Waals surface area contributed by atoms with Crippen LogP contribution in [-0.4, -0.2) is 36.4 Å². The largest absolute Gasteiger partial charge is 0.483 e. The third-order valence-corrected chi connectivity index (χ3v) is 6.03. The van der Waals surface area contributed by atoms with Gasteiger partial charge in [0.05, 0.1) is 12.5 Å². The van der Waals surface area contributed by atoms with Crippen LogP contribution in [0.5, 0.6) is 5.75 Å². The molecule has 166 valence electrons. The maximum atomic E-state index is 12.8. The summed E-state index contributed by atoms with van der Waals surface area (Å²) in [5, 5.41) is 5.44. The van der Waals surface area contributed by atoms with Crippen LogP contribution in [0, 0.1) is 0 Å². The van der Waals surface area contributed by atoms with Gasteiger partial charge >= 0.3 is 0 Å². The number of fused-ring (bicyclic) bond motifs is 1. The number of rotatable bonds is 8. The van der Waals surface area contributed by atoms with Gasteiger partial charge in [-0.2, -0.15) is 0 Å². The molecule has 1 aliphatic rings. The Hall–Kier alpha value is -3.34. The van der Waals surface area contributed by atoms with Crippen molar-refractivity contribution in [2.75, 3.05) is 19.7 Å². The predicted octanol–water partition coefficient (Wildman–Crippen LogP) is 4.65. The van der Waals surface area contributed by atoms with Gasteiger partial charge in [0.1, 0.15) is 5.75 Å². The summed E-state index contributed by atoms with van der Waals surface area (Å²) in [6.07, 6.45) is 3.16. The van der Waals surface area contributed by atoms with Gasteiger partial charge in [-0.3, -0.25) is 9.59 Å². The third kappa shape index (κ3) is 5.28. The highest BCUT2D eigenvalue weighted by Gasteiger charge is 2.21. The number of nitrogens with zero attached hydrogens (tertiary/aromatic N) is 1. The molecule has 1 atom stereocenters. The first-order valence-electron chi connectivity index (χ1n) is 11.4. The fourth-order valence-electron chi connectivity index (χ4n) is 4.28. The van der Waals surface area contributed by atoms with Crippen molar-refractivity contribution in [3.05, 3.63) is 77.9 Å². The lowest BCUT2D eigenvalue weighted by Gasteiger charge is -2.22. The molecule has 0 saturated carbocycles. The minimum Gasteiger partial charge on any atom is -0.483 e. The van der Waals surface area contributed by atoms with Gasteiger partial charge in [0, 0.05) is 18.7 Å². The van der Waals surface area contributed by atoms with E-state index in [4.69, 9.17) is 4.74 Å². The molecule has 1 unspecified atom stereocenters. The number of carbonyl (C=O) groups excluding carboxylic acids is 2. The van der Waals surface area contributed by atoms with Crippen LogP contribution in [-0.2, 0) is 16.0 Å². The average molecular weight is 431 g/mol. The van der Waals surface area contributed by atoms with Gasteiger partial charge in [0.2, 0.25) is 5.91 Å². The van der Waals surface area contributed by atoms with E-state index in [1.807, 2.05) is 54.3 Å². The van der Waals surface area contributed by atoms with E-state index in [0.717, 1.165) is 54.3 Å². The monoisotopic (exact) mass is 430 g/mol. The Morgan fingerprint density at radius 2 is 1.69 bits per heavy atom. The summed E-state index contributed by atoms with van der Waals surface area (Å²) in [4.78, 5) is 27.1. The highest BCUT2D eigenvalue weighted by Crippen LogP contribution is 2.27. The van der Waals surface area contributed by atoms with Crippen LogP contribution in [0.2, 0.25) is 0 Å². The van der Waals surface area contributed by atoms with Crippen molar-refractivity contribution in [2.24, 2.45) is 0 Å². The van der Waals surface area contributed by atoms with Gasteiger partial charge in [-0.25, -0.2) is 0 Å². The maximum Gasteiger partial charge on any atom is 0.260 e. The van der Waals surface area contributed by atoms with Crippen LogP contribution in [0.3, 0.4) is 0 Å². The van der Waals surface area contributed by atoms with Gasteiger partial charge in [-0.05, 0) is 41.7 Å². The molecule has 0 spiro atoms. The first kappa shape index (κ1) is 21.9. The Kier molecular flexibility index (Phi) is 7.05. The van der Waals surface area contributed by atoms with E-state index in [-0.39, 0.29) is 24.5 Å². The Balaban J connectivity index is 1.41. The summed E-state index contributed by atoms with van der Waals surface area (Å²) < 4.78 is 5.90. The first-order chi connectivity index (χ1) is 15.6. The van der Waals surface area contributed by atoms with Crippen molar-refractivity contribution < 1.29 is 14.3 Å². The van der Waals surface area contributed by atoms with Crippen molar-refractivity contribution >= 4 is 22.6 Å². The number of amides is 2. The second kappa shape index (κ2) is 10.3. The predicted molar refractivity (Wildman–Crippen MR) is 127 cm³/mol. The Bertz CT molecular complexity index is 1090. The molecule has 0 aromatic heterocycles. The molecule has 0 aliphatic carbocycles. The lowest BCUT2D eigenvalue weighted by Crippen LogP contribution is -2.33. The number of ether oxygens (including phenoxy) is 1. The average Bonchev–Trinajstić information content (AvgIpc) is 3.36. The van der Waals surface area contributed by atoms with Crippen molar-refractivity contribution in [1.29, 1.82) is 0 Å². The lowest BCUT2D eigenvalue weighted by atomic mass is 10.0. The fourth-order valence-corrected chi connectivity index (χ4v) is 4.28. The highest BCUT2D eigenvalue weighted by atomic mass is 16.5. The zero-order valence-electron chi connectivity index (χ0n) is 18.5. The quantitative estimate of drug-likeness (QED) is 0.566. The number of para-hydroxylation sites is 1. The second-order valence-corrected chi connectivity index (χ2v) is 8.30. The topological polar surface area (TPSA) is 58.6 Å². The number of hydrogen-bond donors (Lipinski definition) is 1. The molecule has 5 heteroatoms. The zero-order chi connectivity index (χ0) is 22.3. The Morgan fingerprint density at radius 3 is 2.47 bits per heavy atom. The molecule has 3 aromatic rings.